The normalized spacial score (nSPS) is 28.3. The summed E-state index contributed by atoms with van der Waals surface area (Å²) < 4.78 is 6.66. The van der Waals surface area contributed by atoms with Crippen molar-refractivity contribution in [1.29, 1.82) is 0 Å². The lowest BCUT2D eigenvalue weighted by molar-refractivity contribution is -0.134. The van der Waals surface area contributed by atoms with E-state index in [1.165, 1.54) is 0 Å². The Kier molecular flexibility index (Phi) is 2.73. The summed E-state index contributed by atoms with van der Waals surface area (Å²) in [5.41, 5.74) is -0.164. The monoisotopic (exact) mass is 271 g/mol. The molecule has 2 rings (SSSR count). The van der Waals surface area contributed by atoms with Gasteiger partial charge in [-0.1, -0.05) is 13.8 Å². The average molecular weight is 272 g/mol. The molecule has 1 aliphatic rings. The maximum absolute atomic E-state index is 9.57. The van der Waals surface area contributed by atoms with E-state index >= 15 is 0 Å². The van der Waals surface area contributed by atoms with Gasteiger partial charge in [-0.3, -0.25) is 4.98 Å². The Balaban J connectivity index is 2.05. The van der Waals surface area contributed by atoms with Gasteiger partial charge in [-0.25, -0.2) is 0 Å². The van der Waals surface area contributed by atoms with Gasteiger partial charge in [0, 0.05) is 22.5 Å². The van der Waals surface area contributed by atoms with Crippen molar-refractivity contribution < 1.29 is 9.84 Å². The molecule has 82 valence electrons. The topological polar surface area (TPSA) is 42.4 Å². The van der Waals surface area contributed by atoms with Crippen molar-refractivity contribution in [2.75, 3.05) is 0 Å². The molecular formula is C11H14BrNO2. The molecule has 1 saturated carbocycles. The Morgan fingerprint density at radius 1 is 1.53 bits per heavy atom. The highest BCUT2D eigenvalue weighted by Gasteiger charge is 2.49. The van der Waals surface area contributed by atoms with Gasteiger partial charge < -0.3 is 9.84 Å². The van der Waals surface area contributed by atoms with E-state index in [4.69, 9.17) is 4.74 Å². The van der Waals surface area contributed by atoms with Crippen LogP contribution in [0.1, 0.15) is 20.3 Å². The smallest absolute Gasteiger partial charge is 0.139 e. The molecule has 2 unspecified atom stereocenters. The van der Waals surface area contributed by atoms with Gasteiger partial charge in [0.15, 0.2) is 0 Å². The molecule has 1 aromatic heterocycles. The second kappa shape index (κ2) is 3.76. The number of hydrogen-bond acceptors (Lipinski definition) is 3. The number of nitrogens with zero attached hydrogens (tertiary/aromatic N) is 1. The van der Waals surface area contributed by atoms with Gasteiger partial charge in [-0.2, -0.15) is 0 Å². The van der Waals surface area contributed by atoms with Crippen LogP contribution in [0.4, 0.5) is 0 Å². The number of rotatable bonds is 2. The quantitative estimate of drug-likeness (QED) is 0.898. The van der Waals surface area contributed by atoms with Crippen LogP contribution in [0, 0.1) is 5.41 Å². The third-order valence-corrected chi connectivity index (χ3v) is 3.52. The van der Waals surface area contributed by atoms with E-state index in [1.807, 2.05) is 19.9 Å². The van der Waals surface area contributed by atoms with Gasteiger partial charge in [0.05, 0.1) is 12.3 Å². The summed E-state index contributed by atoms with van der Waals surface area (Å²) in [6.07, 6.45) is 3.91. The number of halogens is 1. The van der Waals surface area contributed by atoms with Gasteiger partial charge in [0.1, 0.15) is 11.9 Å². The number of hydrogen-bond donors (Lipinski definition) is 1. The standard InChI is InChI=1S/C11H14BrNO2/c1-11(2)9(14)4-10(11)15-8-3-7(12)5-13-6-8/h3,5-6,9-10,14H,4H2,1-2H3. The van der Waals surface area contributed by atoms with E-state index in [-0.39, 0.29) is 17.6 Å². The molecule has 1 N–H and O–H groups in total. The van der Waals surface area contributed by atoms with E-state index < -0.39 is 0 Å². The third-order valence-electron chi connectivity index (χ3n) is 3.08. The molecule has 0 aliphatic heterocycles. The first kappa shape index (κ1) is 10.9. The minimum absolute atomic E-state index is 0.0728. The number of aliphatic hydroxyl groups is 1. The van der Waals surface area contributed by atoms with Crippen LogP contribution in [0.15, 0.2) is 22.9 Å². The van der Waals surface area contributed by atoms with Gasteiger partial charge in [0.2, 0.25) is 0 Å². The lowest BCUT2D eigenvalue weighted by atomic mass is 9.66. The Morgan fingerprint density at radius 2 is 2.27 bits per heavy atom. The Morgan fingerprint density at radius 3 is 2.80 bits per heavy atom. The second-order valence-corrected chi connectivity index (χ2v) is 5.43. The van der Waals surface area contributed by atoms with Crippen LogP contribution in [0.3, 0.4) is 0 Å². The largest absolute Gasteiger partial charge is 0.488 e. The van der Waals surface area contributed by atoms with Crippen LogP contribution >= 0.6 is 15.9 Å². The van der Waals surface area contributed by atoms with Crippen LogP contribution in [-0.4, -0.2) is 22.3 Å². The molecule has 0 saturated heterocycles. The van der Waals surface area contributed by atoms with Crippen molar-refractivity contribution >= 4 is 15.9 Å². The second-order valence-electron chi connectivity index (χ2n) is 4.52. The molecule has 2 atom stereocenters. The number of aliphatic hydroxyl groups excluding tert-OH is 1. The fourth-order valence-corrected chi connectivity index (χ4v) is 2.03. The number of pyridine rings is 1. The molecule has 3 nitrogen and oxygen atoms in total. The molecule has 1 fully saturated rings. The fourth-order valence-electron chi connectivity index (χ4n) is 1.69. The average Bonchev–Trinajstić information content (AvgIpc) is 2.17. The summed E-state index contributed by atoms with van der Waals surface area (Å²) in [6.45, 7) is 4.02. The van der Waals surface area contributed by atoms with Gasteiger partial charge >= 0.3 is 0 Å². The zero-order valence-electron chi connectivity index (χ0n) is 8.77. The Hall–Kier alpha value is -0.610. The summed E-state index contributed by atoms with van der Waals surface area (Å²) in [5.74, 6) is 0.745. The van der Waals surface area contributed by atoms with Crippen LogP contribution in [0.2, 0.25) is 0 Å². The fraction of sp³-hybridized carbons (Fsp3) is 0.545. The van der Waals surface area contributed by atoms with Crippen LogP contribution in [0.25, 0.3) is 0 Å². The van der Waals surface area contributed by atoms with Crippen molar-refractivity contribution in [3.63, 3.8) is 0 Å². The molecule has 4 heteroatoms. The van der Waals surface area contributed by atoms with Gasteiger partial charge in [-0.15, -0.1) is 0 Å². The van der Waals surface area contributed by atoms with Crippen molar-refractivity contribution in [3.8, 4) is 5.75 Å². The minimum atomic E-state index is -0.261. The molecule has 0 bridgehead atoms. The highest BCUT2D eigenvalue weighted by Crippen LogP contribution is 2.42. The summed E-state index contributed by atoms with van der Waals surface area (Å²) in [5, 5.41) is 9.57. The van der Waals surface area contributed by atoms with E-state index in [1.54, 1.807) is 12.4 Å². The number of aromatic nitrogens is 1. The molecule has 1 aromatic rings. The van der Waals surface area contributed by atoms with E-state index in [0.717, 1.165) is 10.2 Å². The summed E-state index contributed by atoms with van der Waals surface area (Å²) in [7, 11) is 0. The minimum Gasteiger partial charge on any atom is -0.488 e. The summed E-state index contributed by atoms with van der Waals surface area (Å²) in [6, 6.07) is 1.88. The van der Waals surface area contributed by atoms with Crippen LogP contribution in [-0.2, 0) is 0 Å². The first-order valence-corrected chi connectivity index (χ1v) is 5.74. The van der Waals surface area contributed by atoms with Crippen LogP contribution < -0.4 is 4.74 Å². The van der Waals surface area contributed by atoms with E-state index in [9.17, 15) is 5.11 Å². The molecule has 15 heavy (non-hydrogen) atoms. The van der Waals surface area contributed by atoms with Crippen molar-refractivity contribution in [2.24, 2.45) is 5.41 Å². The van der Waals surface area contributed by atoms with Gasteiger partial charge in [0.25, 0.3) is 0 Å². The molecular weight excluding hydrogens is 258 g/mol. The van der Waals surface area contributed by atoms with Crippen molar-refractivity contribution in [1.82, 2.24) is 4.98 Å². The van der Waals surface area contributed by atoms with Crippen molar-refractivity contribution in [3.05, 3.63) is 22.9 Å². The Labute approximate surface area is 97.6 Å². The van der Waals surface area contributed by atoms with Crippen LogP contribution in [0.5, 0.6) is 5.75 Å². The molecule has 0 radical (unpaired) electrons. The molecule has 0 amide bonds. The zero-order valence-corrected chi connectivity index (χ0v) is 10.4. The highest BCUT2D eigenvalue weighted by atomic mass is 79.9. The van der Waals surface area contributed by atoms with Crippen molar-refractivity contribution in [2.45, 2.75) is 32.5 Å². The first-order valence-electron chi connectivity index (χ1n) is 4.95. The zero-order chi connectivity index (χ0) is 11.1. The SMILES string of the molecule is CC1(C)C(O)CC1Oc1cncc(Br)c1. The maximum atomic E-state index is 9.57. The summed E-state index contributed by atoms with van der Waals surface area (Å²) >= 11 is 3.34. The summed E-state index contributed by atoms with van der Waals surface area (Å²) in [4.78, 5) is 4.03. The van der Waals surface area contributed by atoms with E-state index in [0.29, 0.717) is 6.42 Å². The first-order chi connectivity index (χ1) is 7.00. The third kappa shape index (κ3) is 2.01. The lowest BCUT2D eigenvalue weighted by Gasteiger charge is -2.48. The highest BCUT2D eigenvalue weighted by molar-refractivity contribution is 9.10. The maximum Gasteiger partial charge on any atom is 0.139 e. The number of ether oxygens (including phenoxy) is 1. The van der Waals surface area contributed by atoms with E-state index in [2.05, 4.69) is 20.9 Å². The van der Waals surface area contributed by atoms with Gasteiger partial charge in [-0.05, 0) is 22.0 Å². The lowest BCUT2D eigenvalue weighted by Crippen LogP contribution is -2.56. The molecule has 1 aliphatic carbocycles. The predicted octanol–water partition coefficient (Wildman–Crippen LogP) is 2.38. The predicted molar refractivity (Wildman–Crippen MR) is 60.8 cm³/mol. The molecule has 0 aromatic carbocycles. The molecule has 1 heterocycles. The Bertz CT molecular complexity index is 367. The molecule has 0 spiro atoms.